The van der Waals surface area contributed by atoms with Crippen LogP contribution in [0.3, 0.4) is 0 Å². The van der Waals surface area contributed by atoms with E-state index in [0.29, 0.717) is 24.5 Å². The van der Waals surface area contributed by atoms with E-state index in [1.165, 1.54) is 0 Å². The lowest BCUT2D eigenvalue weighted by Crippen LogP contribution is -2.40. The standard InChI is InChI=1S/C12H14N2O4/c15-3-1-2-14-9-5-11-10(17-7-18-11)4-8(9)13-6-12(14)16/h4-5,13,15H,1-3,6-7H2. The van der Waals surface area contributed by atoms with E-state index in [0.717, 1.165) is 11.4 Å². The first-order valence-electron chi connectivity index (χ1n) is 5.88. The van der Waals surface area contributed by atoms with Crippen molar-refractivity contribution in [2.45, 2.75) is 6.42 Å². The SMILES string of the molecule is O=C1CNc2cc3c(cc2N1CCCO)OCO3. The maximum absolute atomic E-state index is 11.9. The molecule has 0 unspecified atom stereocenters. The fourth-order valence-corrected chi connectivity index (χ4v) is 2.17. The molecular formula is C12H14N2O4. The Balaban J connectivity index is 1.97. The average molecular weight is 250 g/mol. The van der Waals surface area contributed by atoms with Gasteiger partial charge in [0.2, 0.25) is 12.7 Å². The molecule has 18 heavy (non-hydrogen) atoms. The summed E-state index contributed by atoms with van der Waals surface area (Å²) in [5, 5.41) is 11.9. The summed E-state index contributed by atoms with van der Waals surface area (Å²) in [5.41, 5.74) is 1.64. The third kappa shape index (κ3) is 1.74. The molecule has 0 saturated heterocycles. The number of rotatable bonds is 3. The molecule has 2 aliphatic rings. The Labute approximate surface area is 104 Å². The van der Waals surface area contributed by atoms with Crippen LogP contribution in [0.25, 0.3) is 0 Å². The van der Waals surface area contributed by atoms with Crippen molar-refractivity contribution in [2.24, 2.45) is 0 Å². The predicted octanol–water partition coefficient (Wildman–Crippen LogP) is 0.556. The van der Waals surface area contributed by atoms with Crippen LogP contribution in [0, 0.1) is 0 Å². The summed E-state index contributed by atoms with van der Waals surface area (Å²) in [4.78, 5) is 13.5. The molecule has 2 N–H and O–H groups in total. The predicted molar refractivity (Wildman–Crippen MR) is 65.1 cm³/mol. The fourth-order valence-electron chi connectivity index (χ4n) is 2.17. The van der Waals surface area contributed by atoms with Gasteiger partial charge in [0.15, 0.2) is 11.5 Å². The zero-order chi connectivity index (χ0) is 12.5. The Hall–Kier alpha value is -1.95. The van der Waals surface area contributed by atoms with Gasteiger partial charge in [-0.3, -0.25) is 4.79 Å². The second kappa shape index (κ2) is 4.38. The van der Waals surface area contributed by atoms with Crippen LogP contribution in [0.1, 0.15) is 6.42 Å². The number of benzene rings is 1. The first kappa shape index (κ1) is 11.2. The van der Waals surface area contributed by atoms with E-state index in [9.17, 15) is 4.79 Å². The van der Waals surface area contributed by atoms with Gasteiger partial charge >= 0.3 is 0 Å². The molecule has 1 amide bonds. The van der Waals surface area contributed by atoms with E-state index in [2.05, 4.69) is 5.32 Å². The van der Waals surface area contributed by atoms with Gasteiger partial charge in [-0.25, -0.2) is 0 Å². The van der Waals surface area contributed by atoms with Crippen molar-refractivity contribution in [2.75, 3.05) is 36.7 Å². The van der Waals surface area contributed by atoms with Crippen LogP contribution in [0.15, 0.2) is 12.1 Å². The number of nitrogens with one attached hydrogen (secondary N) is 1. The van der Waals surface area contributed by atoms with Crippen molar-refractivity contribution < 1.29 is 19.4 Å². The zero-order valence-electron chi connectivity index (χ0n) is 9.81. The highest BCUT2D eigenvalue weighted by molar-refractivity contribution is 6.03. The Morgan fingerprint density at radius 2 is 2.11 bits per heavy atom. The summed E-state index contributed by atoms with van der Waals surface area (Å²) < 4.78 is 10.6. The molecule has 2 aliphatic heterocycles. The normalized spacial score (nSPS) is 16.5. The van der Waals surface area contributed by atoms with E-state index in [-0.39, 0.29) is 25.9 Å². The summed E-state index contributed by atoms with van der Waals surface area (Å²) in [5.74, 6) is 1.34. The number of ether oxygens (including phenoxy) is 2. The van der Waals surface area contributed by atoms with Crippen molar-refractivity contribution in [3.63, 3.8) is 0 Å². The van der Waals surface area contributed by atoms with Gasteiger partial charge in [-0.15, -0.1) is 0 Å². The Morgan fingerprint density at radius 3 is 2.89 bits per heavy atom. The van der Waals surface area contributed by atoms with Crippen molar-refractivity contribution in [3.05, 3.63) is 12.1 Å². The topological polar surface area (TPSA) is 71.0 Å². The third-order valence-corrected chi connectivity index (χ3v) is 3.05. The van der Waals surface area contributed by atoms with Gasteiger partial charge in [-0.2, -0.15) is 0 Å². The lowest BCUT2D eigenvalue weighted by Gasteiger charge is -2.30. The number of carbonyl (C=O) groups is 1. The summed E-state index contributed by atoms with van der Waals surface area (Å²) in [6.45, 7) is 1.04. The molecule has 1 aromatic carbocycles. The van der Waals surface area contributed by atoms with Crippen LogP contribution in [0.4, 0.5) is 11.4 Å². The van der Waals surface area contributed by atoms with Crippen LogP contribution in [-0.2, 0) is 4.79 Å². The van der Waals surface area contributed by atoms with E-state index in [1.807, 2.05) is 6.07 Å². The van der Waals surface area contributed by atoms with Crippen LogP contribution >= 0.6 is 0 Å². The van der Waals surface area contributed by atoms with Gasteiger partial charge < -0.3 is 24.8 Å². The number of hydrogen-bond donors (Lipinski definition) is 2. The lowest BCUT2D eigenvalue weighted by atomic mass is 10.1. The highest BCUT2D eigenvalue weighted by Gasteiger charge is 2.27. The van der Waals surface area contributed by atoms with Gasteiger partial charge in [0, 0.05) is 25.3 Å². The van der Waals surface area contributed by atoms with Gasteiger partial charge in [0.05, 0.1) is 17.9 Å². The minimum absolute atomic E-state index is 0.00480. The quantitative estimate of drug-likeness (QED) is 0.820. The second-order valence-electron chi connectivity index (χ2n) is 4.20. The zero-order valence-corrected chi connectivity index (χ0v) is 9.81. The molecule has 6 heteroatoms. The molecule has 3 rings (SSSR count). The highest BCUT2D eigenvalue weighted by Crippen LogP contribution is 2.42. The number of carbonyl (C=O) groups excluding carboxylic acids is 1. The molecule has 0 saturated carbocycles. The maximum Gasteiger partial charge on any atom is 0.246 e. The Kier molecular flexibility index (Phi) is 2.71. The Bertz CT molecular complexity index is 489. The van der Waals surface area contributed by atoms with Crippen LogP contribution < -0.4 is 19.7 Å². The number of aliphatic hydroxyl groups excluding tert-OH is 1. The first-order valence-corrected chi connectivity index (χ1v) is 5.88. The van der Waals surface area contributed by atoms with Crippen molar-refractivity contribution in [1.82, 2.24) is 0 Å². The number of hydrogen-bond acceptors (Lipinski definition) is 5. The molecule has 0 spiro atoms. The summed E-state index contributed by atoms with van der Waals surface area (Å²) in [6.07, 6.45) is 0.555. The molecule has 0 radical (unpaired) electrons. The minimum atomic E-state index is -0.00480. The molecule has 0 atom stereocenters. The van der Waals surface area contributed by atoms with E-state index < -0.39 is 0 Å². The van der Waals surface area contributed by atoms with Crippen molar-refractivity contribution >= 4 is 17.3 Å². The number of fused-ring (bicyclic) bond motifs is 2. The van der Waals surface area contributed by atoms with E-state index >= 15 is 0 Å². The highest BCUT2D eigenvalue weighted by atomic mass is 16.7. The average Bonchev–Trinajstić information content (AvgIpc) is 2.82. The molecule has 0 aliphatic carbocycles. The second-order valence-corrected chi connectivity index (χ2v) is 4.20. The maximum atomic E-state index is 11.9. The molecule has 1 aromatic rings. The molecule has 2 heterocycles. The van der Waals surface area contributed by atoms with Gasteiger partial charge in [-0.05, 0) is 6.42 Å². The summed E-state index contributed by atoms with van der Waals surface area (Å²) in [6, 6.07) is 3.65. The minimum Gasteiger partial charge on any atom is -0.454 e. The third-order valence-electron chi connectivity index (χ3n) is 3.05. The van der Waals surface area contributed by atoms with Gasteiger partial charge in [0.1, 0.15) is 0 Å². The lowest BCUT2D eigenvalue weighted by molar-refractivity contribution is -0.117. The summed E-state index contributed by atoms with van der Waals surface area (Å²) >= 11 is 0. The smallest absolute Gasteiger partial charge is 0.246 e. The number of nitrogens with zero attached hydrogens (tertiary/aromatic N) is 1. The molecule has 0 fully saturated rings. The molecular weight excluding hydrogens is 236 g/mol. The Morgan fingerprint density at radius 1 is 1.33 bits per heavy atom. The molecule has 6 nitrogen and oxygen atoms in total. The first-order chi connectivity index (χ1) is 8.79. The van der Waals surface area contributed by atoms with E-state index in [1.54, 1.807) is 11.0 Å². The fraction of sp³-hybridized carbons (Fsp3) is 0.417. The number of amides is 1. The van der Waals surface area contributed by atoms with Gasteiger partial charge in [0.25, 0.3) is 0 Å². The molecule has 0 bridgehead atoms. The van der Waals surface area contributed by atoms with E-state index in [4.69, 9.17) is 14.6 Å². The molecule has 96 valence electrons. The number of aliphatic hydroxyl groups is 1. The van der Waals surface area contributed by atoms with Crippen LogP contribution in [0.5, 0.6) is 11.5 Å². The largest absolute Gasteiger partial charge is 0.454 e. The van der Waals surface area contributed by atoms with Crippen LogP contribution in [-0.4, -0.2) is 37.5 Å². The molecule has 0 aromatic heterocycles. The van der Waals surface area contributed by atoms with Crippen LogP contribution in [0.2, 0.25) is 0 Å². The summed E-state index contributed by atoms with van der Waals surface area (Å²) in [7, 11) is 0. The van der Waals surface area contributed by atoms with Gasteiger partial charge in [-0.1, -0.05) is 0 Å². The number of anilines is 2. The van der Waals surface area contributed by atoms with Crippen molar-refractivity contribution in [1.29, 1.82) is 0 Å². The monoisotopic (exact) mass is 250 g/mol. The van der Waals surface area contributed by atoms with Crippen molar-refractivity contribution in [3.8, 4) is 11.5 Å².